The highest BCUT2D eigenvalue weighted by Crippen LogP contribution is 2.22. The molecule has 2 aromatic rings. The Morgan fingerprint density at radius 1 is 0.900 bits per heavy atom. The number of anilines is 2. The highest BCUT2D eigenvalue weighted by atomic mass is 16.2. The average molecular weight is 408 g/mol. The Kier molecular flexibility index (Phi) is 6.50. The van der Waals surface area contributed by atoms with Crippen LogP contribution < -0.4 is 9.80 Å². The van der Waals surface area contributed by atoms with E-state index < -0.39 is 0 Å². The zero-order valence-electron chi connectivity index (χ0n) is 18.3. The highest BCUT2D eigenvalue weighted by molar-refractivity contribution is 5.76. The second kappa shape index (κ2) is 9.45. The van der Waals surface area contributed by atoms with Gasteiger partial charge in [0.05, 0.1) is 0 Å². The highest BCUT2D eigenvalue weighted by Gasteiger charge is 2.23. The molecule has 6 nitrogen and oxygen atoms in total. The molecule has 0 radical (unpaired) electrons. The van der Waals surface area contributed by atoms with Gasteiger partial charge in [0.15, 0.2) is 0 Å². The van der Waals surface area contributed by atoms with Crippen molar-refractivity contribution >= 4 is 17.7 Å². The molecule has 2 aliphatic rings. The van der Waals surface area contributed by atoms with E-state index in [1.807, 2.05) is 11.8 Å². The first-order chi connectivity index (χ1) is 14.6. The number of piperazine rings is 1. The Morgan fingerprint density at radius 2 is 1.67 bits per heavy atom. The first kappa shape index (κ1) is 20.6. The predicted molar refractivity (Wildman–Crippen MR) is 121 cm³/mol. The Bertz CT molecular complexity index is 870. The number of hydrogen-bond donors (Lipinski definition) is 0. The van der Waals surface area contributed by atoms with Gasteiger partial charge >= 0.3 is 0 Å². The van der Waals surface area contributed by atoms with Gasteiger partial charge in [-0.25, -0.2) is 4.98 Å². The van der Waals surface area contributed by atoms with E-state index in [0.717, 1.165) is 63.1 Å². The maximum absolute atomic E-state index is 12.7. The SMILES string of the molecule is Cc1cccc(CCC(=O)N2CCN(c3nc(C)cc(N4CCCCC4)n3)CC2)c1. The van der Waals surface area contributed by atoms with Gasteiger partial charge < -0.3 is 14.7 Å². The van der Waals surface area contributed by atoms with Gasteiger partial charge in [-0.3, -0.25) is 4.79 Å². The molecule has 1 aromatic carbocycles. The van der Waals surface area contributed by atoms with E-state index in [0.29, 0.717) is 6.42 Å². The lowest BCUT2D eigenvalue weighted by atomic mass is 10.1. The number of nitrogens with zero attached hydrogens (tertiary/aromatic N) is 5. The topological polar surface area (TPSA) is 52.6 Å². The van der Waals surface area contributed by atoms with E-state index in [1.165, 1.54) is 30.4 Å². The van der Waals surface area contributed by atoms with E-state index in [9.17, 15) is 4.79 Å². The first-order valence-electron chi connectivity index (χ1n) is 11.3. The van der Waals surface area contributed by atoms with Crippen LogP contribution in [-0.4, -0.2) is 60.0 Å². The van der Waals surface area contributed by atoms with Gasteiger partial charge in [-0.15, -0.1) is 0 Å². The number of rotatable bonds is 5. The molecule has 0 spiro atoms. The summed E-state index contributed by atoms with van der Waals surface area (Å²) in [5, 5.41) is 0. The number of aromatic nitrogens is 2. The van der Waals surface area contributed by atoms with Crippen LogP contribution in [0, 0.1) is 13.8 Å². The van der Waals surface area contributed by atoms with Gasteiger partial charge in [0.25, 0.3) is 0 Å². The second-order valence-corrected chi connectivity index (χ2v) is 8.57. The van der Waals surface area contributed by atoms with Crippen molar-refractivity contribution in [3.05, 3.63) is 47.2 Å². The number of carbonyl (C=O) groups excluding carboxylic acids is 1. The maximum atomic E-state index is 12.7. The van der Waals surface area contributed by atoms with Crippen LogP contribution in [0.5, 0.6) is 0 Å². The van der Waals surface area contributed by atoms with E-state index in [-0.39, 0.29) is 5.91 Å². The Hall–Kier alpha value is -2.63. The van der Waals surface area contributed by atoms with Crippen molar-refractivity contribution in [2.45, 2.75) is 46.0 Å². The Morgan fingerprint density at radius 3 is 2.40 bits per heavy atom. The number of carbonyl (C=O) groups is 1. The number of piperidine rings is 1. The van der Waals surface area contributed by atoms with Crippen LogP contribution in [0.15, 0.2) is 30.3 Å². The molecule has 2 saturated heterocycles. The average Bonchev–Trinajstić information content (AvgIpc) is 2.78. The van der Waals surface area contributed by atoms with E-state index in [2.05, 4.69) is 47.1 Å². The minimum atomic E-state index is 0.246. The summed E-state index contributed by atoms with van der Waals surface area (Å²) in [4.78, 5) is 28.8. The van der Waals surface area contributed by atoms with Crippen LogP contribution in [0.4, 0.5) is 11.8 Å². The van der Waals surface area contributed by atoms with E-state index in [4.69, 9.17) is 9.97 Å². The van der Waals surface area contributed by atoms with Gasteiger partial charge in [-0.2, -0.15) is 4.98 Å². The summed E-state index contributed by atoms with van der Waals surface area (Å²) < 4.78 is 0. The van der Waals surface area contributed by atoms with Crippen molar-refractivity contribution in [2.24, 2.45) is 0 Å². The van der Waals surface area contributed by atoms with E-state index >= 15 is 0 Å². The van der Waals surface area contributed by atoms with Gasteiger partial charge in [0.1, 0.15) is 5.82 Å². The summed E-state index contributed by atoms with van der Waals surface area (Å²) in [7, 11) is 0. The molecule has 0 bridgehead atoms. The van der Waals surface area contributed by atoms with Gasteiger partial charge in [-0.1, -0.05) is 29.8 Å². The summed E-state index contributed by atoms with van der Waals surface area (Å²) in [5.41, 5.74) is 3.49. The van der Waals surface area contributed by atoms with Crippen molar-refractivity contribution in [2.75, 3.05) is 49.1 Å². The lowest BCUT2D eigenvalue weighted by Gasteiger charge is -2.35. The summed E-state index contributed by atoms with van der Waals surface area (Å²) in [6, 6.07) is 10.5. The molecule has 4 rings (SSSR count). The third kappa shape index (κ3) is 5.10. The first-order valence-corrected chi connectivity index (χ1v) is 11.3. The van der Waals surface area contributed by atoms with Gasteiger partial charge in [-0.05, 0) is 45.1 Å². The second-order valence-electron chi connectivity index (χ2n) is 8.57. The Balaban J connectivity index is 1.32. The molecular formula is C24H33N5O. The standard InChI is InChI=1S/C24H33N5O/c1-19-7-6-8-21(17-19)9-10-23(30)28-13-15-29(16-14-28)24-25-20(2)18-22(26-24)27-11-4-3-5-12-27/h6-8,17-18H,3-5,9-16H2,1-2H3. The van der Waals surface area contributed by atoms with Crippen LogP contribution in [-0.2, 0) is 11.2 Å². The fourth-order valence-corrected chi connectivity index (χ4v) is 4.40. The normalized spacial score (nSPS) is 17.3. The molecule has 30 heavy (non-hydrogen) atoms. The molecular weight excluding hydrogens is 374 g/mol. The molecule has 0 unspecified atom stereocenters. The van der Waals surface area contributed by atoms with Crippen LogP contribution in [0.2, 0.25) is 0 Å². The minimum Gasteiger partial charge on any atom is -0.356 e. The molecule has 160 valence electrons. The van der Waals surface area contributed by atoms with Crippen LogP contribution in [0.1, 0.15) is 42.5 Å². The number of amides is 1. The molecule has 0 atom stereocenters. The largest absolute Gasteiger partial charge is 0.356 e. The molecule has 0 saturated carbocycles. The molecule has 6 heteroatoms. The lowest BCUT2D eigenvalue weighted by molar-refractivity contribution is -0.131. The van der Waals surface area contributed by atoms with Gasteiger partial charge in [0, 0.05) is 57.4 Å². The van der Waals surface area contributed by atoms with Crippen molar-refractivity contribution in [1.29, 1.82) is 0 Å². The molecule has 1 amide bonds. The Labute approximate surface area is 179 Å². The fourth-order valence-electron chi connectivity index (χ4n) is 4.40. The summed E-state index contributed by atoms with van der Waals surface area (Å²) in [6.45, 7) is 9.36. The van der Waals surface area contributed by atoms with Crippen LogP contribution in [0.3, 0.4) is 0 Å². The number of hydrogen-bond acceptors (Lipinski definition) is 5. The molecule has 1 aromatic heterocycles. The molecule has 2 aliphatic heterocycles. The summed E-state index contributed by atoms with van der Waals surface area (Å²) in [6.07, 6.45) is 5.17. The van der Waals surface area contributed by atoms with Gasteiger partial charge in [0.2, 0.25) is 11.9 Å². The van der Waals surface area contributed by atoms with Crippen molar-refractivity contribution in [1.82, 2.24) is 14.9 Å². The lowest BCUT2D eigenvalue weighted by Crippen LogP contribution is -2.49. The number of benzene rings is 1. The maximum Gasteiger partial charge on any atom is 0.227 e. The fraction of sp³-hybridized carbons (Fsp3) is 0.542. The monoisotopic (exact) mass is 407 g/mol. The van der Waals surface area contributed by atoms with Crippen molar-refractivity contribution in [3.63, 3.8) is 0 Å². The summed E-state index contributed by atoms with van der Waals surface area (Å²) >= 11 is 0. The molecule has 0 N–H and O–H groups in total. The third-order valence-electron chi connectivity index (χ3n) is 6.13. The minimum absolute atomic E-state index is 0.246. The predicted octanol–water partition coefficient (Wildman–Crippen LogP) is 3.37. The molecule has 0 aliphatic carbocycles. The van der Waals surface area contributed by atoms with Crippen molar-refractivity contribution in [3.8, 4) is 0 Å². The summed E-state index contributed by atoms with van der Waals surface area (Å²) in [5.74, 6) is 2.10. The van der Waals surface area contributed by atoms with E-state index in [1.54, 1.807) is 0 Å². The smallest absolute Gasteiger partial charge is 0.227 e. The molecule has 2 fully saturated rings. The van der Waals surface area contributed by atoms with Crippen molar-refractivity contribution < 1.29 is 4.79 Å². The zero-order chi connectivity index (χ0) is 20.9. The number of aryl methyl sites for hydroxylation is 3. The molecule has 3 heterocycles. The van der Waals surface area contributed by atoms with Crippen LogP contribution in [0.25, 0.3) is 0 Å². The quantitative estimate of drug-likeness (QED) is 0.761. The third-order valence-corrected chi connectivity index (χ3v) is 6.13. The zero-order valence-corrected chi connectivity index (χ0v) is 18.3. The van der Waals surface area contributed by atoms with Crippen LogP contribution >= 0.6 is 0 Å².